The highest BCUT2D eigenvalue weighted by atomic mass is 16.4. The first kappa shape index (κ1) is 11.8. The highest BCUT2D eigenvalue weighted by Gasteiger charge is 2.05. The monoisotopic (exact) mass is 245 g/mol. The van der Waals surface area contributed by atoms with Crippen molar-refractivity contribution < 1.29 is 14.7 Å². The Bertz CT molecular complexity index is 587. The van der Waals surface area contributed by atoms with Crippen LogP contribution in [-0.2, 0) is 6.54 Å². The van der Waals surface area contributed by atoms with E-state index in [2.05, 4.69) is 5.10 Å². The van der Waals surface area contributed by atoms with Crippen LogP contribution in [0.2, 0.25) is 0 Å². The van der Waals surface area contributed by atoms with Crippen molar-refractivity contribution in [2.75, 3.05) is 0 Å². The van der Waals surface area contributed by atoms with Crippen LogP contribution in [0.5, 0.6) is 0 Å². The number of carboxylic acids is 1. The molecule has 0 radical (unpaired) electrons. The lowest BCUT2D eigenvalue weighted by atomic mass is 10.1. The van der Waals surface area contributed by atoms with Crippen molar-refractivity contribution in [1.29, 1.82) is 0 Å². The molecule has 0 fully saturated rings. The summed E-state index contributed by atoms with van der Waals surface area (Å²) in [6, 6.07) is 6.45. The van der Waals surface area contributed by atoms with Gasteiger partial charge in [0.25, 0.3) is 5.91 Å². The van der Waals surface area contributed by atoms with Gasteiger partial charge in [-0.05, 0) is 17.7 Å². The molecule has 0 saturated carbocycles. The second-order valence-corrected chi connectivity index (χ2v) is 3.79. The molecule has 0 atom stereocenters. The van der Waals surface area contributed by atoms with Crippen molar-refractivity contribution in [2.24, 2.45) is 5.73 Å². The molecule has 1 heterocycles. The number of nitrogens with two attached hydrogens (primary N) is 1. The molecule has 6 heteroatoms. The maximum Gasteiger partial charge on any atom is 0.335 e. The molecular weight excluding hydrogens is 234 g/mol. The van der Waals surface area contributed by atoms with Gasteiger partial charge in [-0.3, -0.25) is 9.48 Å². The fourth-order valence-electron chi connectivity index (χ4n) is 1.52. The summed E-state index contributed by atoms with van der Waals surface area (Å²) in [6.45, 7) is 0.452. The predicted octanol–water partition coefficient (Wildman–Crippen LogP) is 0.728. The Morgan fingerprint density at radius 3 is 2.39 bits per heavy atom. The minimum absolute atomic E-state index is 0.233. The number of hydrogen-bond donors (Lipinski definition) is 2. The number of amides is 1. The molecule has 0 unspecified atom stereocenters. The number of hydrogen-bond acceptors (Lipinski definition) is 3. The molecule has 0 aliphatic rings. The van der Waals surface area contributed by atoms with Gasteiger partial charge >= 0.3 is 5.97 Å². The van der Waals surface area contributed by atoms with Gasteiger partial charge in [0.15, 0.2) is 0 Å². The predicted molar refractivity (Wildman–Crippen MR) is 63.2 cm³/mol. The smallest absolute Gasteiger partial charge is 0.335 e. The average Bonchev–Trinajstić information content (AvgIpc) is 2.78. The summed E-state index contributed by atoms with van der Waals surface area (Å²) >= 11 is 0. The van der Waals surface area contributed by atoms with Gasteiger partial charge in [0.2, 0.25) is 0 Å². The number of rotatable bonds is 4. The lowest BCUT2D eigenvalue weighted by molar-refractivity contribution is 0.0696. The first-order valence-corrected chi connectivity index (χ1v) is 5.21. The normalized spacial score (nSPS) is 10.2. The third-order valence-electron chi connectivity index (χ3n) is 2.46. The third-order valence-corrected chi connectivity index (χ3v) is 2.46. The number of aromatic carboxylic acids is 1. The zero-order valence-electron chi connectivity index (χ0n) is 9.41. The van der Waals surface area contributed by atoms with E-state index in [0.29, 0.717) is 12.1 Å². The maximum atomic E-state index is 10.9. The fourth-order valence-corrected chi connectivity index (χ4v) is 1.52. The topological polar surface area (TPSA) is 98.2 Å². The Hall–Kier alpha value is -2.63. The summed E-state index contributed by atoms with van der Waals surface area (Å²) in [6.07, 6.45) is 2.95. The van der Waals surface area contributed by atoms with Gasteiger partial charge in [-0.1, -0.05) is 12.1 Å². The average molecular weight is 245 g/mol. The molecule has 0 saturated heterocycles. The third kappa shape index (κ3) is 2.54. The zero-order chi connectivity index (χ0) is 13.1. The van der Waals surface area contributed by atoms with Crippen LogP contribution in [0.15, 0.2) is 36.7 Å². The number of nitrogens with zero attached hydrogens (tertiary/aromatic N) is 2. The number of carbonyl (C=O) groups excluding carboxylic acids is 1. The molecule has 1 aromatic carbocycles. The van der Waals surface area contributed by atoms with E-state index in [4.69, 9.17) is 10.8 Å². The Morgan fingerprint density at radius 1 is 1.22 bits per heavy atom. The fraction of sp³-hybridized carbons (Fsp3) is 0.0833. The van der Waals surface area contributed by atoms with Crippen LogP contribution in [0, 0.1) is 0 Å². The molecule has 2 rings (SSSR count). The van der Waals surface area contributed by atoms with E-state index >= 15 is 0 Å². The summed E-state index contributed by atoms with van der Waals surface area (Å²) < 4.78 is 1.57. The van der Waals surface area contributed by atoms with Crippen molar-refractivity contribution in [3.63, 3.8) is 0 Å². The van der Waals surface area contributed by atoms with E-state index in [0.717, 1.165) is 5.56 Å². The van der Waals surface area contributed by atoms with E-state index in [-0.39, 0.29) is 5.56 Å². The van der Waals surface area contributed by atoms with E-state index in [1.165, 1.54) is 18.3 Å². The lowest BCUT2D eigenvalue weighted by Gasteiger charge is -2.02. The molecule has 6 nitrogen and oxygen atoms in total. The molecule has 92 valence electrons. The highest BCUT2D eigenvalue weighted by Crippen LogP contribution is 2.07. The van der Waals surface area contributed by atoms with Gasteiger partial charge in [0.1, 0.15) is 0 Å². The van der Waals surface area contributed by atoms with Crippen molar-refractivity contribution in [3.8, 4) is 0 Å². The zero-order valence-corrected chi connectivity index (χ0v) is 9.41. The summed E-state index contributed by atoms with van der Waals surface area (Å²) in [7, 11) is 0. The van der Waals surface area contributed by atoms with Crippen molar-refractivity contribution >= 4 is 11.9 Å². The van der Waals surface area contributed by atoms with Crippen molar-refractivity contribution in [2.45, 2.75) is 6.54 Å². The Balaban J connectivity index is 2.13. The second kappa shape index (κ2) is 4.70. The first-order valence-electron chi connectivity index (χ1n) is 5.21. The van der Waals surface area contributed by atoms with Gasteiger partial charge in [0.05, 0.1) is 23.9 Å². The van der Waals surface area contributed by atoms with E-state index < -0.39 is 11.9 Å². The van der Waals surface area contributed by atoms with E-state index in [1.54, 1.807) is 23.0 Å². The van der Waals surface area contributed by atoms with Gasteiger partial charge in [-0.25, -0.2) is 4.79 Å². The lowest BCUT2D eigenvalue weighted by Crippen LogP contribution is -2.09. The molecule has 0 spiro atoms. The van der Waals surface area contributed by atoms with Crippen LogP contribution >= 0.6 is 0 Å². The minimum atomic E-state index is -0.961. The minimum Gasteiger partial charge on any atom is -0.478 e. The molecular formula is C12H11N3O3. The maximum absolute atomic E-state index is 10.9. The van der Waals surface area contributed by atoms with Gasteiger partial charge in [0, 0.05) is 6.20 Å². The number of benzene rings is 1. The van der Waals surface area contributed by atoms with Gasteiger partial charge in [-0.2, -0.15) is 5.10 Å². The van der Waals surface area contributed by atoms with Crippen LogP contribution in [-0.4, -0.2) is 26.8 Å². The van der Waals surface area contributed by atoms with Crippen LogP contribution in [0.1, 0.15) is 26.3 Å². The molecule has 2 aromatic rings. The van der Waals surface area contributed by atoms with E-state index in [9.17, 15) is 9.59 Å². The van der Waals surface area contributed by atoms with Crippen LogP contribution in [0.4, 0.5) is 0 Å². The molecule has 1 aromatic heterocycles. The molecule has 3 N–H and O–H groups in total. The standard InChI is InChI=1S/C12H11N3O3/c13-11(16)10-5-14-15(7-10)6-8-1-3-9(4-2-8)12(17)18/h1-5,7H,6H2,(H2,13,16)(H,17,18). The summed E-state index contributed by atoms with van der Waals surface area (Å²) in [4.78, 5) is 21.6. The number of carboxylic acid groups (broad SMARTS) is 1. The SMILES string of the molecule is NC(=O)c1cnn(Cc2ccc(C(=O)O)cc2)c1. The summed E-state index contributed by atoms with van der Waals surface area (Å²) in [5.41, 5.74) is 6.58. The summed E-state index contributed by atoms with van der Waals surface area (Å²) in [5.74, 6) is -1.49. The van der Waals surface area contributed by atoms with E-state index in [1.807, 2.05) is 0 Å². The number of aromatic nitrogens is 2. The van der Waals surface area contributed by atoms with Crippen LogP contribution in [0.25, 0.3) is 0 Å². The van der Waals surface area contributed by atoms with Gasteiger partial charge in [-0.15, -0.1) is 0 Å². The number of carbonyl (C=O) groups is 2. The molecule has 18 heavy (non-hydrogen) atoms. The Kier molecular flexibility index (Phi) is 3.09. The van der Waals surface area contributed by atoms with Gasteiger partial charge < -0.3 is 10.8 Å². The molecule has 1 amide bonds. The molecule has 0 aliphatic heterocycles. The number of primary amides is 1. The molecule has 0 aliphatic carbocycles. The summed E-state index contributed by atoms with van der Waals surface area (Å²) in [5, 5.41) is 12.8. The Labute approximate surface area is 103 Å². The van der Waals surface area contributed by atoms with Crippen molar-refractivity contribution in [1.82, 2.24) is 9.78 Å². The largest absolute Gasteiger partial charge is 0.478 e. The molecule has 0 bridgehead atoms. The van der Waals surface area contributed by atoms with Crippen LogP contribution in [0.3, 0.4) is 0 Å². The Morgan fingerprint density at radius 2 is 1.89 bits per heavy atom. The van der Waals surface area contributed by atoms with Crippen LogP contribution < -0.4 is 5.73 Å². The highest BCUT2D eigenvalue weighted by molar-refractivity contribution is 5.92. The quantitative estimate of drug-likeness (QED) is 0.829. The van der Waals surface area contributed by atoms with Crippen molar-refractivity contribution in [3.05, 3.63) is 53.3 Å². The first-order chi connectivity index (χ1) is 8.56. The second-order valence-electron chi connectivity index (χ2n) is 3.79.